The van der Waals surface area contributed by atoms with Crippen molar-refractivity contribution >= 4 is 182 Å². The van der Waals surface area contributed by atoms with Crippen LogP contribution in [-0.2, 0) is 14.3 Å². The summed E-state index contributed by atoms with van der Waals surface area (Å²) in [5.74, 6) is -5.18. The molecule has 5 unspecified atom stereocenters. The molecule has 0 aromatic heterocycles. The average Bonchev–Trinajstić information content (AvgIpc) is 3.20. The van der Waals surface area contributed by atoms with Gasteiger partial charge in [-0.05, 0) is 136 Å². The number of rotatable bonds is 22. The maximum absolute atomic E-state index is 14.3. The summed E-state index contributed by atoms with van der Waals surface area (Å²) in [5, 5.41) is 88.8. The van der Waals surface area contributed by atoms with E-state index in [1.165, 1.54) is 14.2 Å². The highest BCUT2D eigenvalue weighted by Gasteiger charge is 2.36. The molecule has 2 aromatic carbocycles. The van der Waals surface area contributed by atoms with Crippen LogP contribution >= 0.6 is 136 Å². The van der Waals surface area contributed by atoms with Crippen LogP contribution in [0.4, 0.5) is 11.4 Å². The number of halogens is 6. The molecule has 0 fully saturated rings. The Hall–Kier alpha value is -0.560. The zero-order valence-corrected chi connectivity index (χ0v) is 44.1. The van der Waals surface area contributed by atoms with E-state index in [4.69, 9.17) is 4.74 Å². The molecule has 0 aliphatic rings. The lowest BCUT2D eigenvalue weighted by atomic mass is 10.0. The first-order valence-corrected chi connectivity index (χ1v) is 23.4. The third-order valence-electron chi connectivity index (χ3n) is 8.16. The number of carbonyl (C=O) groups is 6. The quantitative estimate of drug-likeness (QED) is 0.0279. The molecule has 0 aliphatic carbocycles. The molecule has 13 N–H and O–H groups in total. The first kappa shape index (κ1) is 55.6. The standard InChI is InChI=1S/C33H40I6N6O15/c1-40-45(18(56)3-14(52)19-23(34)20(31(57)41-4-11(51)5-46)26(37)29(25(19)36)44-17(55)10-60-2)30-27(38)21(32(58)42-12(6-47)15(53)8-49)24(35)22(28(30)39)33(59)43-13(7-48)16(54)9-50/h11-13,15-16,40,46-51,53-54H,3-10H2,1-2H3,(H,41,57)(H,42,58)(H,43,59)(H,44,55). The van der Waals surface area contributed by atoms with Gasteiger partial charge in [0.1, 0.15) is 6.61 Å². The number of hydrogen-bond acceptors (Lipinski definition) is 16. The Kier molecular flexibility index (Phi) is 24.5. The number of carbonyl (C=O) groups excluding carboxylic acids is 6. The van der Waals surface area contributed by atoms with Gasteiger partial charge in [0.15, 0.2) is 5.78 Å². The van der Waals surface area contributed by atoms with Crippen LogP contribution in [0.3, 0.4) is 0 Å². The highest BCUT2D eigenvalue weighted by Crippen LogP contribution is 2.39. The molecule has 2 aromatic rings. The number of ketones is 1. The number of hydrazine groups is 1. The number of hydrogen-bond donors (Lipinski definition) is 13. The van der Waals surface area contributed by atoms with E-state index in [9.17, 15) is 69.6 Å². The minimum Gasteiger partial charge on any atom is -0.394 e. The molecule has 21 nitrogen and oxygen atoms in total. The van der Waals surface area contributed by atoms with Gasteiger partial charge < -0.3 is 66.9 Å². The molecule has 5 amide bonds. The second kappa shape index (κ2) is 26.4. The number of nitrogens with zero attached hydrogens (tertiary/aromatic N) is 1. The number of nitrogens with one attached hydrogen (secondary N) is 5. The summed E-state index contributed by atoms with van der Waals surface area (Å²) in [6.07, 6.45) is -5.44. The maximum Gasteiger partial charge on any atom is 0.253 e. The summed E-state index contributed by atoms with van der Waals surface area (Å²) >= 11 is 10.4. The molecule has 0 aliphatic heterocycles. The van der Waals surface area contributed by atoms with Gasteiger partial charge in [-0.3, -0.25) is 28.8 Å². The molecule has 2 rings (SSSR count). The van der Waals surface area contributed by atoms with E-state index in [0.29, 0.717) is 0 Å². The number of benzene rings is 2. The molecule has 27 heteroatoms. The fourth-order valence-corrected chi connectivity index (χ4v) is 14.2. The van der Waals surface area contributed by atoms with E-state index in [1.807, 2.05) is 0 Å². The van der Waals surface area contributed by atoms with Gasteiger partial charge in [-0.25, -0.2) is 10.4 Å². The van der Waals surface area contributed by atoms with Crippen LogP contribution in [0.25, 0.3) is 0 Å². The summed E-state index contributed by atoms with van der Waals surface area (Å²) < 4.78 is 5.32. The highest BCUT2D eigenvalue weighted by atomic mass is 127. The summed E-state index contributed by atoms with van der Waals surface area (Å²) in [6, 6.07) is -2.77. The summed E-state index contributed by atoms with van der Waals surface area (Å²) in [6.45, 7) is -4.71. The van der Waals surface area contributed by atoms with Gasteiger partial charge in [0.25, 0.3) is 17.7 Å². The Labute approximate surface area is 424 Å². The van der Waals surface area contributed by atoms with E-state index < -0.39 is 105 Å². The Balaban J connectivity index is 2.88. The van der Waals surface area contributed by atoms with Crippen molar-refractivity contribution in [1.82, 2.24) is 21.4 Å². The molecule has 0 spiro atoms. The predicted molar refractivity (Wildman–Crippen MR) is 263 cm³/mol. The van der Waals surface area contributed by atoms with Crippen molar-refractivity contribution in [3.05, 3.63) is 43.7 Å². The zero-order valence-electron chi connectivity index (χ0n) is 31.2. The predicted octanol–water partition coefficient (Wildman–Crippen LogP) is -1.39. The molecule has 0 radical (unpaired) electrons. The molecule has 334 valence electrons. The van der Waals surface area contributed by atoms with Crippen LogP contribution in [-0.4, -0.2) is 167 Å². The van der Waals surface area contributed by atoms with Crippen molar-refractivity contribution in [1.29, 1.82) is 0 Å². The fourth-order valence-electron chi connectivity index (χ4n) is 5.06. The Morgan fingerprint density at radius 2 is 1.08 bits per heavy atom. The normalized spacial score (nSPS) is 13.7. The van der Waals surface area contributed by atoms with Crippen molar-refractivity contribution in [2.75, 3.05) is 70.7 Å². The monoisotopic (exact) mass is 1520 g/mol. The van der Waals surface area contributed by atoms with Gasteiger partial charge in [0.2, 0.25) is 11.8 Å². The van der Waals surface area contributed by atoms with Crippen molar-refractivity contribution in [2.45, 2.75) is 36.8 Å². The van der Waals surface area contributed by atoms with E-state index in [1.54, 1.807) is 136 Å². The third-order valence-corrected chi connectivity index (χ3v) is 14.6. The van der Waals surface area contributed by atoms with Crippen molar-refractivity contribution in [2.24, 2.45) is 0 Å². The van der Waals surface area contributed by atoms with Gasteiger partial charge >= 0.3 is 0 Å². The van der Waals surface area contributed by atoms with Gasteiger partial charge in [0, 0.05) is 37.0 Å². The number of Topliss-reactive ketones (excluding diaryl/α,β-unsaturated/α-hetero) is 1. The SMILES string of the molecule is CNN(C(=O)CC(=O)c1c(I)c(NC(=O)COC)c(I)c(C(=O)NCC(O)CO)c1I)c1c(I)c(C(=O)NC(CO)C(O)CO)c(I)c(C(=O)NC(CO)C(O)CO)c1I. The topological polar surface area (TPSA) is 337 Å². The average molecular weight is 1520 g/mol. The van der Waals surface area contributed by atoms with Crippen LogP contribution in [0.15, 0.2) is 0 Å². The van der Waals surface area contributed by atoms with Crippen LogP contribution in [0.5, 0.6) is 0 Å². The number of anilines is 2. The molecular weight excluding hydrogens is 1480 g/mol. The van der Waals surface area contributed by atoms with Crippen LogP contribution in [0.1, 0.15) is 47.9 Å². The number of methoxy groups -OCH3 is 1. The molecule has 0 saturated heterocycles. The largest absolute Gasteiger partial charge is 0.394 e. The first-order valence-electron chi connectivity index (χ1n) is 16.9. The maximum atomic E-state index is 14.3. The number of aliphatic hydroxyl groups excluding tert-OH is 8. The third kappa shape index (κ3) is 13.7. The van der Waals surface area contributed by atoms with Gasteiger partial charge in [-0.15, -0.1) is 0 Å². The number of aliphatic hydroxyl groups is 8. The lowest BCUT2D eigenvalue weighted by Gasteiger charge is -2.29. The fraction of sp³-hybridized carbons (Fsp3) is 0.455. The highest BCUT2D eigenvalue weighted by molar-refractivity contribution is 14.1. The van der Waals surface area contributed by atoms with Crippen LogP contribution < -0.4 is 31.7 Å². The lowest BCUT2D eigenvalue weighted by Crippen LogP contribution is -2.49. The van der Waals surface area contributed by atoms with Crippen molar-refractivity contribution in [3.8, 4) is 0 Å². The van der Waals surface area contributed by atoms with E-state index in [2.05, 4.69) is 26.7 Å². The molecule has 5 atom stereocenters. The zero-order chi connectivity index (χ0) is 45.8. The molecule has 0 bridgehead atoms. The van der Waals surface area contributed by atoms with E-state index in [-0.39, 0.29) is 68.2 Å². The van der Waals surface area contributed by atoms with Crippen molar-refractivity contribution in [3.63, 3.8) is 0 Å². The molecule has 0 heterocycles. The molecular formula is C33H40I6N6O15. The minimum absolute atomic E-state index is 0.0143. The van der Waals surface area contributed by atoms with Crippen LogP contribution in [0.2, 0.25) is 0 Å². The summed E-state index contributed by atoms with van der Waals surface area (Å²) in [7, 11) is 2.58. The first-order chi connectivity index (χ1) is 28.2. The summed E-state index contributed by atoms with van der Waals surface area (Å²) in [4.78, 5) is 82.5. The van der Waals surface area contributed by atoms with E-state index in [0.717, 1.165) is 5.01 Å². The number of amides is 5. The summed E-state index contributed by atoms with van der Waals surface area (Å²) in [5.41, 5.74) is 1.80. The van der Waals surface area contributed by atoms with Gasteiger partial charge in [0.05, 0.1) is 109 Å². The number of ether oxygens (including phenoxy) is 1. The minimum atomic E-state index is -1.61. The van der Waals surface area contributed by atoms with Crippen LogP contribution in [0, 0.1) is 21.4 Å². The Morgan fingerprint density at radius 1 is 0.633 bits per heavy atom. The second-order valence-corrected chi connectivity index (χ2v) is 18.7. The second-order valence-electron chi connectivity index (χ2n) is 12.2. The Morgan fingerprint density at radius 3 is 1.50 bits per heavy atom. The molecule has 60 heavy (non-hydrogen) atoms. The van der Waals surface area contributed by atoms with Gasteiger partial charge in [-0.1, -0.05) is 0 Å². The Bertz CT molecular complexity index is 1890. The van der Waals surface area contributed by atoms with Crippen molar-refractivity contribution < 1.29 is 74.4 Å². The van der Waals surface area contributed by atoms with Gasteiger partial charge in [-0.2, -0.15) is 0 Å². The molecule has 0 saturated carbocycles. The van der Waals surface area contributed by atoms with E-state index >= 15 is 0 Å². The smallest absolute Gasteiger partial charge is 0.253 e. The lowest BCUT2D eigenvalue weighted by molar-refractivity contribution is -0.120.